The molecule has 1 aromatic heterocycles. The molecule has 11 heteroatoms. The Hall–Kier alpha value is -1.91. The van der Waals surface area contributed by atoms with Crippen molar-refractivity contribution in [3.8, 4) is 0 Å². The second-order valence-corrected chi connectivity index (χ2v) is 8.33. The molecule has 0 fully saturated rings. The van der Waals surface area contributed by atoms with Crippen LogP contribution in [0.5, 0.6) is 0 Å². The lowest BCUT2D eigenvalue weighted by Crippen LogP contribution is -2.33. The quantitative estimate of drug-likeness (QED) is 0.796. The molecule has 0 atom stereocenters. The number of rotatable bonds is 3. The molecular weight excluding hydrogens is 363 g/mol. The first-order valence-corrected chi connectivity index (χ1v) is 9.07. The molecule has 0 bridgehead atoms. The summed E-state index contributed by atoms with van der Waals surface area (Å²) in [7, 11) is -3.00. The van der Waals surface area contributed by atoms with Gasteiger partial charge < -0.3 is 4.84 Å². The van der Waals surface area contributed by atoms with Crippen molar-refractivity contribution in [2.24, 2.45) is 12.2 Å². The lowest BCUT2D eigenvalue weighted by molar-refractivity contribution is -0.142. The molecule has 0 N–H and O–H groups in total. The smallest absolute Gasteiger partial charge is 0.389 e. The van der Waals surface area contributed by atoms with E-state index in [1.165, 1.54) is 7.05 Å². The Balaban J connectivity index is 2.56. The van der Waals surface area contributed by atoms with Gasteiger partial charge in [-0.15, -0.1) is 0 Å². The first-order valence-electron chi connectivity index (χ1n) is 7.42. The Morgan fingerprint density at radius 1 is 1.32 bits per heavy atom. The van der Waals surface area contributed by atoms with Crippen LogP contribution in [0.1, 0.15) is 44.3 Å². The highest BCUT2D eigenvalue weighted by Crippen LogP contribution is 2.31. The standard InChI is InChI=1S/C14H18F3N3O4S/c1-5-9-18-11(14(15,16)17)8(12(21)20(9)4)7-25(22,23)10-6-13(2,3)24-19-10/h5-7H2,1-4H3. The van der Waals surface area contributed by atoms with Crippen molar-refractivity contribution in [2.75, 3.05) is 0 Å². The number of alkyl halides is 3. The zero-order valence-electron chi connectivity index (χ0n) is 14.1. The average molecular weight is 381 g/mol. The van der Waals surface area contributed by atoms with E-state index in [4.69, 9.17) is 4.84 Å². The van der Waals surface area contributed by atoms with Crippen molar-refractivity contribution in [3.05, 3.63) is 27.4 Å². The van der Waals surface area contributed by atoms with Gasteiger partial charge in [-0.05, 0) is 13.8 Å². The molecule has 0 saturated heterocycles. The average Bonchev–Trinajstić information content (AvgIpc) is 2.84. The van der Waals surface area contributed by atoms with Gasteiger partial charge in [0.05, 0.1) is 11.3 Å². The first kappa shape index (κ1) is 19.4. The zero-order chi connectivity index (χ0) is 19.2. The maximum atomic E-state index is 13.3. The van der Waals surface area contributed by atoms with Crippen LogP contribution in [0.25, 0.3) is 0 Å². The summed E-state index contributed by atoms with van der Waals surface area (Å²) < 4.78 is 65.7. The summed E-state index contributed by atoms with van der Waals surface area (Å²) in [6.45, 7) is 4.73. The van der Waals surface area contributed by atoms with E-state index >= 15 is 0 Å². The van der Waals surface area contributed by atoms with Crippen molar-refractivity contribution < 1.29 is 26.4 Å². The fourth-order valence-corrected chi connectivity index (χ4v) is 3.94. The highest BCUT2D eigenvalue weighted by Gasteiger charge is 2.41. The zero-order valence-corrected chi connectivity index (χ0v) is 15.0. The summed E-state index contributed by atoms with van der Waals surface area (Å²) in [4.78, 5) is 20.7. The van der Waals surface area contributed by atoms with Crippen LogP contribution >= 0.6 is 0 Å². The van der Waals surface area contributed by atoms with Crippen molar-refractivity contribution in [3.63, 3.8) is 0 Å². The fraction of sp³-hybridized carbons (Fsp3) is 0.643. The fourth-order valence-electron chi connectivity index (χ4n) is 2.42. The molecule has 1 aliphatic heterocycles. The minimum absolute atomic E-state index is 0.0823. The van der Waals surface area contributed by atoms with E-state index in [0.29, 0.717) is 0 Å². The molecule has 7 nitrogen and oxygen atoms in total. The van der Waals surface area contributed by atoms with Gasteiger partial charge in [0.2, 0.25) is 0 Å². The summed E-state index contributed by atoms with van der Waals surface area (Å²) in [5.41, 5.74) is -4.30. The lowest BCUT2D eigenvalue weighted by Gasteiger charge is -2.16. The van der Waals surface area contributed by atoms with E-state index in [1.54, 1.807) is 20.8 Å². The van der Waals surface area contributed by atoms with Gasteiger partial charge in [0.25, 0.3) is 5.56 Å². The van der Waals surface area contributed by atoms with Crippen LogP contribution in [0.15, 0.2) is 9.95 Å². The molecule has 0 saturated carbocycles. The Morgan fingerprint density at radius 3 is 2.36 bits per heavy atom. The SMILES string of the molecule is CCc1nc(C(F)(F)F)c(CS(=O)(=O)C2=NOC(C)(C)C2)c(=O)n1C. The third kappa shape index (κ3) is 3.86. The van der Waals surface area contributed by atoms with Crippen molar-refractivity contribution in [1.82, 2.24) is 9.55 Å². The summed E-state index contributed by atoms with van der Waals surface area (Å²) >= 11 is 0. The molecule has 0 radical (unpaired) electrons. The third-order valence-electron chi connectivity index (χ3n) is 3.73. The van der Waals surface area contributed by atoms with Crippen LogP contribution in [0, 0.1) is 0 Å². The molecule has 0 unspecified atom stereocenters. The molecule has 1 aromatic rings. The van der Waals surface area contributed by atoms with Crippen LogP contribution in [-0.2, 0) is 40.1 Å². The second-order valence-electron chi connectivity index (χ2n) is 6.34. The first-order chi connectivity index (χ1) is 11.3. The third-order valence-corrected chi connectivity index (χ3v) is 5.33. The van der Waals surface area contributed by atoms with E-state index in [-0.39, 0.29) is 23.7 Å². The van der Waals surface area contributed by atoms with E-state index in [1.807, 2.05) is 0 Å². The van der Waals surface area contributed by atoms with E-state index in [9.17, 15) is 26.4 Å². The predicted octanol–water partition coefficient (Wildman–Crippen LogP) is 1.79. The molecule has 25 heavy (non-hydrogen) atoms. The summed E-state index contributed by atoms with van der Waals surface area (Å²) in [5, 5.41) is 3.07. The minimum atomic E-state index is -4.95. The molecule has 2 rings (SSSR count). The molecule has 0 aliphatic carbocycles. The maximum Gasteiger partial charge on any atom is 0.433 e. The molecule has 140 valence electrons. The number of aryl methyl sites for hydroxylation is 1. The summed E-state index contributed by atoms with van der Waals surface area (Å²) in [6.07, 6.45) is -4.94. The monoisotopic (exact) mass is 381 g/mol. The number of sulfone groups is 1. The minimum Gasteiger partial charge on any atom is -0.389 e. The lowest BCUT2D eigenvalue weighted by atomic mass is 10.1. The van der Waals surface area contributed by atoms with Gasteiger partial charge in [0.1, 0.15) is 11.4 Å². The number of hydrogen-bond acceptors (Lipinski definition) is 6. The highest BCUT2D eigenvalue weighted by molar-refractivity contribution is 8.05. The van der Waals surface area contributed by atoms with E-state index in [0.717, 1.165) is 4.57 Å². The van der Waals surface area contributed by atoms with Crippen molar-refractivity contribution in [1.29, 1.82) is 0 Å². The molecule has 0 spiro atoms. The van der Waals surface area contributed by atoms with Gasteiger partial charge in [-0.2, -0.15) is 13.2 Å². The number of oxime groups is 1. The Kier molecular flexibility index (Phi) is 4.75. The van der Waals surface area contributed by atoms with Gasteiger partial charge in [-0.25, -0.2) is 13.4 Å². The molecule has 1 aliphatic rings. The second kappa shape index (κ2) is 6.11. The van der Waals surface area contributed by atoms with Crippen LogP contribution in [0.2, 0.25) is 0 Å². The van der Waals surface area contributed by atoms with E-state index < -0.39 is 44.2 Å². The summed E-state index contributed by atoms with van der Waals surface area (Å²) in [6, 6.07) is 0. The highest BCUT2D eigenvalue weighted by atomic mass is 32.2. The molecule has 0 aromatic carbocycles. The number of hydrogen-bond donors (Lipinski definition) is 0. The van der Waals surface area contributed by atoms with Gasteiger partial charge in [-0.1, -0.05) is 12.1 Å². The summed E-state index contributed by atoms with van der Waals surface area (Å²) in [5.74, 6) is -1.22. The maximum absolute atomic E-state index is 13.3. The van der Waals surface area contributed by atoms with Gasteiger partial charge >= 0.3 is 6.18 Å². The van der Waals surface area contributed by atoms with Gasteiger partial charge in [0, 0.05) is 19.9 Å². The number of halogens is 3. The predicted molar refractivity (Wildman–Crippen MR) is 83.7 cm³/mol. The Morgan fingerprint density at radius 2 is 1.92 bits per heavy atom. The largest absolute Gasteiger partial charge is 0.433 e. The van der Waals surface area contributed by atoms with Crippen LogP contribution in [0.3, 0.4) is 0 Å². The normalized spacial score (nSPS) is 17.3. The van der Waals surface area contributed by atoms with Crippen LogP contribution in [0.4, 0.5) is 13.2 Å². The molecule has 2 heterocycles. The van der Waals surface area contributed by atoms with Crippen LogP contribution < -0.4 is 5.56 Å². The number of nitrogens with zero attached hydrogens (tertiary/aromatic N) is 3. The Bertz CT molecular complexity index is 886. The molecule has 0 amide bonds. The van der Waals surface area contributed by atoms with E-state index in [2.05, 4.69) is 10.1 Å². The van der Waals surface area contributed by atoms with Gasteiger partial charge in [-0.3, -0.25) is 9.36 Å². The van der Waals surface area contributed by atoms with Crippen molar-refractivity contribution in [2.45, 2.75) is 51.1 Å². The number of aromatic nitrogens is 2. The van der Waals surface area contributed by atoms with Gasteiger partial charge in [0.15, 0.2) is 20.6 Å². The topological polar surface area (TPSA) is 90.6 Å². The van der Waals surface area contributed by atoms with Crippen molar-refractivity contribution >= 4 is 14.9 Å². The molecular formula is C14H18F3N3O4S. The van der Waals surface area contributed by atoms with Crippen LogP contribution in [-0.4, -0.2) is 28.6 Å². The Labute approximate surface area is 142 Å².